The van der Waals surface area contributed by atoms with E-state index in [1.165, 1.54) is 28.2 Å². The summed E-state index contributed by atoms with van der Waals surface area (Å²) in [6.45, 7) is 3.18. The summed E-state index contributed by atoms with van der Waals surface area (Å²) in [7, 11) is 0. The number of aliphatic carboxylic acids is 1. The summed E-state index contributed by atoms with van der Waals surface area (Å²) >= 11 is 3.66. The zero-order valence-corrected chi connectivity index (χ0v) is 12.2. The maximum Gasteiger partial charge on any atom is 0.328 e. The third kappa shape index (κ3) is 2.00. The van der Waals surface area contributed by atoms with Crippen LogP contribution in [0, 0.1) is 6.92 Å². The standard InChI is InChI=1S/C15H14BrNO2/c1-9-14(16)12-8-10(4-5-13(18)19)7-11-3-2-6-17(9)15(11)12/h4-5,7-8H,2-3,6H2,1H3,(H,18,19)/b5-4+. The Balaban J connectivity index is 2.26. The lowest BCUT2D eigenvalue weighted by atomic mass is 10.00. The van der Waals surface area contributed by atoms with Gasteiger partial charge in [0.05, 0.1) is 5.52 Å². The molecule has 0 saturated heterocycles. The molecule has 0 amide bonds. The first-order valence-electron chi connectivity index (χ1n) is 6.30. The molecule has 2 aromatic rings. The molecule has 0 fully saturated rings. The first-order chi connectivity index (χ1) is 9.08. The molecule has 1 aromatic carbocycles. The first-order valence-corrected chi connectivity index (χ1v) is 7.09. The van der Waals surface area contributed by atoms with Gasteiger partial charge in [0.15, 0.2) is 0 Å². The lowest BCUT2D eigenvalue weighted by molar-refractivity contribution is -0.131. The van der Waals surface area contributed by atoms with Gasteiger partial charge in [-0.15, -0.1) is 0 Å². The van der Waals surface area contributed by atoms with Crippen LogP contribution in [0.3, 0.4) is 0 Å². The Hall–Kier alpha value is -1.55. The van der Waals surface area contributed by atoms with Crippen LogP contribution < -0.4 is 0 Å². The highest BCUT2D eigenvalue weighted by Crippen LogP contribution is 2.36. The lowest BCUT2D eigenvalue weighted by Crippen LogP contribution is -2.08. The summed E-state index contributed by atoms with van der Waals surface area (Å²) in [6.07, 6.45) is 5.04. The average Bonchev–Trinajstić information content (AvgIpc) is 2.64. The smallest absolute Gasteiger partial charge is 0.328 e. The number of carboxylic acid groups (broad SMARTS) is 1. The molecule has 0 radical (unpaired) electrons. The van der Waals surface area contributed by atoms with Crippen molar-refractivity contribution in [3.8, 4) is 0 Å². The van der Waals surface area contributed by atoms with Crippen molar-refractivity contribution in [3.05, 3.63) is 39.5 Å². The topological polar surface area (TPSA) is 42.2 Å². The summed E-state index contributed by atoms with van der Waals surface area (Å²) in [5.74, 6) is -0.915. The molecular formula is C15H14BrNO2. The minimum atomic E-state index is -0.915. The number of hydrogen-bond acceptors (Lipinski definition) is 1. The maximum atomic E-state index is 10.6. The normalized spacial score (nSPS) is 14.4. The molecule has 0 unspecified atom stereocenters. The monoisotopic (exact) mass is 319 g/mol. The van der Waals surface area contributed by atoms with Crippen LogP contribution in [-0.4, -0.2) is 15.6 Å². The summed E-state index contributed by atoms with van der Waals surface area (Å²) in [5, 5.41) is 9.91. The number of aryl methyl sites for hydroxylation is 2. The zero-order valence-electron chi connectivity index (χ0n) is 10.6. The van der Waals surface area contributed by atoms with Crippen molar-refractivity contribution in [3.63, 3.8) is 0 Å². The summed E-state index contributed by atoms with van der Waals surface area (Å²) < 4.78 is 3.47. The Bertz CT molecular complexity index is 713. The van der Waals surface area contributed by atoms with Gasteiger partial charge in [0.25, 0.3) is 0 Å². The first kappa shape index (κ1) is 12.5. The van der Waals surface area contributed by atoms with E-state index in [9.17, 15) is 4.79 Å². The zero-order chi connectivity index (χ0) is 13.6. The summed E-state index contributed by atoms with van der Waals surface area (Å²) in [4.78, 5) is 10.6. The molecule has 19 heavy (non-hydrogen) atoms. The molecule has 0 saturated carbocycles. The molecule has 1 aliphatic heterocycles. The molecule has 3 nitrogen and oxygen atoms in total. The van der Waals surface area contributed by atoms with Crippen LogP contribution in [0.15, 0.2) is 22.7 Å². The van der Waals surface area contributed by atoms with Gasteiger partial charge in [-0.05, 0) is 65.0 Å². The SMILES string of the molecule is Cc1c(Br)c2cc(/C=C/C(=O)O)cc3c2n1CCC3. The average molecular weight is 320 g/mol. The molecule has 98 valence electrons. The Morgan fingerprint density at radius 2 is 2.26 bits per heavy atom. The van der Waals surface area contributed by atoms with Gasteiger partial charge < -0.3 is 9.67 Å². The highest BCUT2D eigenvalue weighted by molar-refractivity contribution is 9.10. The highest BCUT2D eigenvalue weighted by atomic mass is 79.9. The fourth-order valence-corrected chi connectivity index (χ4v) is 3.36. The number of nitrogens with zero attached hydrogens (tertiary/aromatic N) is 1. The number of rotatable bonds is 2. The van der Waals surface area contributed by atoms with Gasteiger partial charge in [-0.3, -0.25) is 0 Å². The largest absolute Gasteiger partial charge is 0.478 e. The molecule has 3 rings (SSSR count). The van der Waals surface area contributed by atoms with Crippen molar-refractivity contribution < 1.29 is 9.90 Å². The van der Waals surface area contributed by atoms with Gasteiger partial charge in [0, 0.05) is 28.2 Å². The van der Waals surface area contributed by atoms with Crippen LogP contribution >= 0.6 is 15.9 Å². The maximum absolute atomic E-state index is 10.6. The quantitative estimate of drug-likeness (QED) is 0.856. The predicted molar refractivity (Wildman–Crippen MR) is 79.4 cm³/mol. The molecular weight excluding hydrogens is 306 g/mol. The van der Waals surface area contributed by atoms with Crippen LogP contribution in [-0.2, 0) is 17.8 Å². The van der Waals surface area contributed by atoms with Crippen molar-refractivity contribution in [1.82, 2.24) is 4.57 Å². The van der Waals surface area contributed by atoms with Crippen molar-refractivity contribution in [2.45, 2.75) is 26.3 Å². The molecule has 1 N–H and O–H groups in total. The van der Waals surface area contributed by atoms with Crippen LogP contribution in [0.2, 0.25) is 0 Å². The summed E-state index contributed by atoms with van der Waals surface area (Å²) in [5.41, 5.74) is 4.80. The molecule has 1 aromatic heterocycles. The fraction of sp³-hybridized carbons (Fsp3) is 0.267. The van der Waals surface area contributed by atoms with Gasteiger partial charge in [-0.25, -0.2) is 4.79 Å². The Kier molecular flexibility index (Phi) is 2.97. The van der Waals surface area contributed by atoms with E-state index in [4.69, 9.17) is 5.11 Å². The van der Waals surface area contributed by atoms with E-state index in [1.807, 2.05) is 0 Å². The number of carboxylic acids is 1. The van der Waals surface area contributed by atoms with E-state index in [0.717, 1.165) is 29.4 Å². The van der Waals surface area contributed by atoms with Crippen LogP contribution in [0.4, 0.5) is 0 Å². The molecule has 4 heteroatoms. The number of hydrogen-bond donors (Lipinski definition) is 1. The van der Waals surface area contributed by atoms with E-state index in [2.05, 4.69) is 39.6 Å². The Morgan fingerprint density at radius 1 is 1.47 bits per heavy atom. The predicted octanol–water partition coefficient (Wildman–Crippen LogP) is 3.76. The highest BCUT2D eigenvalue weighted by Gasteiger charge is 2.19. The second-order valence-corrected chi connectivity index (χ2v) is 5.70. The van der Waals surface area contributed by atoms with Crippen molar-refractivity contribution in [2.24, 2.45) is 0 Å². The Labute approximate surface area is 119 Å². The second kappa shape index (κ2) is 4.53. The molecule has 0 aliphatic carbocycles. The Morgan fingerprint density at radius 3 is 3.00 bits per heavy atom. The molecule has 1 aliphatic rings. The minimum absolute atomic E-state index is 0.915. The van der Waals surface area contributed by atoms with Gasteiger partial charge in [0.2, 0.25) is 0 Å². The van der Waals surface area contributed by atoms with Gasteiger partial charge in [0.1, 0.15) is 0 Å². The van der Waals surface area contributed by atoms with E-state index < -0.39 is 5.97 Å². The molecule has 0 spiro atoms. The van der Waals surface area contributed by atoms with E-state index in [-0.39, 0.29) is 0 Å². The van der Waals surface area contributed by atoms with E-state index in [0.29, 0.717) is 0 Å². The van der Waals surface area contributed by atoms with Crippen LogP contribution in [0.1, 0.15) is 23.2 Å². The van der Waals surface area contributed by atoms with Gasteiger partial charge >= 0.3 is 5.97 Å². The van der Waals surface area contributed by atoms with Crippen molar-refractivity contribution in [1.29, 1.82) is 0 Å². The third-order valence-corrected chi connectivity index (χ3v) is 4.69. The van der Waals surface area contributed by atoms with Crippen LogP contribution in [0.25, 0.3) is 17.0 Å². The van der Waals surface area contributed by atoms with Gasteiger partial charge in [-0.1, -0.05) is 0 Å². The van der Waals surface area contributed by atoms with Crippen molar-refractivity contribution in [2.75, 3.05) is 0 Å². The number of benzene rings is 1. The summed E-state index contributed by atoms with van der Waals surface area (Å²) in [6, 6.07) is 4.15. The lowest BCUT2D eigenvalue weighted by Gasteiger charge is -2.17. The molecule has 2 heterocycles. The van der Waals surface area contributed by atoms with E-state index >= 15 is 0 Å². The number of aromatic nitrogens is 1. The minimum Gasteiger partial charge on any atom is -0.478 e. The number of halogens is 1. The number of carbonyl (C=O) groups is 1. The van der Waals surface area contributed by atoms with Crippen molar-refractivity contribution >= 4 is 38.9 Å². The second-order valence-electron chi connectivity index (χ2n) is 4.90. The third-order valence-electron chi connectivity index (χ3n) is 3.69. The molecule has 0 atom stereocenters. The van der Waals surface area contributed by atoms with E-state index in [1.54, 1.807) is 6.08 Å². The molecule has 0 bridgehead atoms. The van der Waals surface area contributed by atoms with Crippen LogP contribution in [0.5, 0.6) is 0 Å². The fourth-order valence-electron chi connectivity index (χ4n) is 2.85. The van der Waals surface area contributed by atoms with Gasteiger partial charge in [-0.2, -0.15) is 0 Å².